The highest BCUT2D eigenvalue weighted by Crippen LogP contribution is 2.44. The summed E-state index contributed by atoms with van der Waals surface area (Å²) in [4.78, 5) is 12.4. The van der Waals surface area contributed by atoms with Crippen molar-refractivity contribution >= 4 is 5.78 Å². The van der Waals surface area contributed by atoms with E-state index in [1.54, 1.807) is 32.2 Å². The normalized spacial score (nSPS) is 25.7. The number of rotatable bonds is 2. The van der Waals surface area contributed by atoms with Crippen LogP contribution in [-0.4, -0.2) is 24.1 Å². The molecule has 2 atom stereocenters. The molecule has 19 heavy (non-hydrogen) atoms. The third-order valence-corrected chi connectivity index (χ3v) is 3.46. The van der Waals surface area contributed by atoms with E-state index in [2.05, 4.69) is 0 Å². The van der Waals surface area contributed by atoms with E-state index in [1.807, 2.05) is 20.8 Å². The van der Waals surface area contributed by atoms with Crippen LogP contribution >= 0.6 is 0 Å². The summed E-state index contributed by atoms with van der Waals surface area (Å²) in [6.07, 6.45) is -0.880. The second-order valence-electron chi connectivity index (χ2n) is 6.12. The van der Waals surface area contributed by atoms with Gasteiger partial charge in [-0.2, -0.15) is 0 Å². The Morgan fingerprint density at radius 2 is 2.05 bits per heavy atom. The number of carbonyl (C=O) groups is 1. The van der Waals surface area contributed by atoms with Gasteiger partial charge in [0.15, 0.2) is 11.9 Å². The summed E-state index contributed by atoms with van der Waals surface area (Å²) in [7, 11) is 1.56. The van der Waals surface area contributed by atoms with E-state index >= 15 is 0 Å². The van der Waals surface area contributed by atoms with Crippen LogP contribution in [0.2, 0.25) is 0 Å². The van der Waals surface area contributed by atoms with E-state index in [1.165, 1.54) is 0 Å². The first-order valence-corrected chi connectivity index (χ1v) is 6.30. The lowest BCUT2D eigenvalue weighted by Crippen LogP contribution is -2.46. The zero-order chi connectivity index (χ0) is 14.4. The lowest BCUT2D eigenvalue weighted by atomic mass is 9.80. The van der Waals surface area contributed by atoms with Gasteiger partial charge in [0, 0.05) is 11.0 Å². The van der Waals surface area contributed by atoms with E-state index in [-0.39, 0.29) is 5.78 Å². The van der Waals surface area contributed by atoms with Crippen molar-refractivity contribution in [2.45, 2.75) is 39.4 Å². The van der Waals surface area contributed by atoms with Gasteiger partial charge in [-0.25, -0.2) is 0 Å². The highest BCUT2D eigenvalue weighted by Gasteiger charge is 2.50. The predicted molar refractivity (Wildman–Crippen MR) is 71.4 cm³/mol. The van der Waals surface area contributed by atoms with E-state index in [9.17, 15) is 9.90 Å². The number of ether oxygens (including phenoxy) is 2. The fraction of sp³-hybridized carbons (Fsp3) is 0.533. The molecule has 1 heterocycles. The van der Waals surface area contributed by atoms with Crippen LogP contribution in [0.3, 0.4) is 0 Å². The first kappa shape index (κ1) is 13.9. The number of hydrogen-bond donors (Lipinski definition) is 1. The number of aliphatic hydroxyl groups is 1. The van der Waals surface area contributed by atoms with Gasteiger partial charge in [-0.3, -0.25) is 4.79 Å². The minimum atomic E-state index is -1.34. The van der Waals surface area contributed by atoms with Crippen LogP contribution in [0.4, 0.5) is 0 Å². The number of methoxy groups -OCH3 is 1. The molecule has 0 fully saturated rings. The number of Topliss-reactive ketones (excluding diaryl/α,β-unsaturated/α-hetero) is 1. The smallest absolute Gasteiger partial charge is 0.190 e. The Bertz CT molecular complexity index is 511. The number of fused-ring (bicyclic) bond motifs is 1. The van der Waals surface area contributed by atoms with E-state index < -0.39 is 17.1 Å². The third-order valence-electron chi connectivity index (χ3n) is 3.46. The number of ketones is 1. The molecular weight excluding hydrogens is 244 g/mol. The van der Waals surface area contributed by atoms with Crippen molar-refractivity contribution in [1.82, 2.24) is 0 Å². The van der Waals surface area contributed by atoms with Gasteiger partial charge in [-0.1, -0.05) is 20.8 Å². The third kappa shape index (κ3) is 2.21. The van der Waals surface area contributed by atoms with Gasteiger partial charge in [0.05, 0.1) is 7.11 Å². The molecule has 1 aromatic rings. The predicted octanol–water partition coefficient (Wildman–Crippen LogP) is 2.28. The summed E-state index contributed by atoms with van der Waals surface area (Å²) in [6, 6.07) is 5.18. The minimum absolute atomic E-state index is 0.118. The van der Waals surface area contributed by atoms with Crippen molar-refractivity contribution in [3.8, 4) is 11.5 Å². The molecule has 0 aliphatic carbocycles. The fourth-order valence-electron chi connectivity index (χ4n) is 2.22. The Labute approximate surface area is 113 Å². The van der Waals surface area contributed by atoms with Gasteiger partial charge in [-0.05, 0) is 25.1 Å². The second-order valence-corrected chi connectivity index (χ2v) is 6.12. The monoisotopic (exact) mass is 264 g/mol. The molecule has 4 nitrogen and oxygen atoms in total. The molecule has 0 saturated heterocycles. The molecule has 0 bridgehead atoms. The highest BCUT2D eigenvalue weighted by atomic mass is 16.5. The van der Waals surface area contributed by atoms with Crippen LogP contribution in [0.25, 0.3) is 0 Å². The van der Waals surface area contributed by atoms with Crippen LogP contribution < -0.4 is 9.47 Å². The quantitative estimate of drug-likeness (QED) is 0.890. The molecule has 0 aromatic heterocycles. The van der Waals surface area contributed by atoms with Gasteiger partial charge in [0.25, 0.3) is 0 Å². The zero-order valence-corrected chi connectivity index (χ0v) is 12.0. The van der Waals surface area contributed by atoms with Crippen molar-refractivity contribution in [2.24, 2.45) is 5.41 Å². The molecule has 4 heteroatoms. The molecule has 0 radical (unpaired) electrons. The molecule has 104 valence electrons. The molecule has 2 rings (SSSR count). The van der Waals surface area contributed by atoms with Gasteiger partial charge in [0.2, 0.25) is 0 Å². The Hall–Kier alpha value is -1.55. The Morgan fingerprint density at radius 1 is 1.42 bits per heavy atom. The maximum Gasteiger partial charge on any atom is 0.190 e. The summed E-state index contributed by atoms with van der Waals surface area (Å²) in [5, 5.41) is 10.7. The summed E-state index contributed by atoms with van der Waals surface area (Å²) in [5.41, 5.74) is -1.32. The SMILES string of the molecule is COc1ccc2c(c1)C(C)(O)C(C(=O)C(C)(C)C)O2. The molecule has 0 saturated carbocycles. The summed E-state index contributed by atoms with van der Waals surface area (Å²) < 4.78 is 10.8. The molecule has 1 aliphatic rings. The molecule has 0 amide bonds. The maximum atomic E-state index is 12.4. The number of hydrogen-bond acceptors (Lipinski definition) is 4. The van der Waals surface area contributed by atoms with Crippen molar-refractivity contribution < 1.29 is 19.4 Å². The van der Waals surface area contributed by atoms with Crippen LogP contribution in [-0.2, 0) is 10.4 Å². The standard InChI is InChI=1S/C15H20O4/c1-14(2,3)12(16)13-15(4,17)10-8-9(18-5)6-7-11(10)19-13/h6-8,13,17H,1-5H3. The average molecular weight is 264 g/mol. The van der Waals surface area contributed by atoms with Crippen LogP contribution in [0.5, 0.6) is 11.5 Å². The lowest BCUT2D eigenvalue weighted by Gasteiger charge is -2.28. The molecular formula is C15H20O4. The second kappa shape index (κ2) is 4.23. The minimum Gasteiger partial charge on any atom is -0.497 e. The van der Waals surface area contributed by atoms with Crippen molar-refractivity contribution in [3.63, 3.8) is 0 Å². The van der Waals surface area contributed by atoms with Crippen LogP contribution in [0.15, 0.2) is 18.2 Å². The topological polar surface area (TPSA) is 55.8 Å². The van der Waals surface area contributed by atoms with Gasteiger partial charge in [-0.15, -0.1) is 0 Å². The molecule has 2 unspecified atom stereocenters. The number of carbonyl (C=O) groups excluding carboxylic acids is 1. The summed E-state index contributed by atoms with van der Waals surface area (Å²) in [5.74, 6) is 1.05. The van der Waals surface area contributed by atoms with Crippen molar-refractivity contribution in [3.05, 3.63) is 23.8 Å². The Morgan fingerprint density at radius 3 is 2.58 bits per heavy atom. The van der Waals surface area contributed by atoms with E-state index in [4.69, 9.17) is 9.47 Å². The maximum absolute atomic E-state index is 12.4. The van der Waals surface area contributed by atoms with Gasteiger partial charge in [0.1, 0.15) is 17.1 Å². The van der Waals surface area contributed by atoms with Crippen LogP contribution in [0.1, 0.15) is 33.3 Å². The fourth-order valence-corrected chi connectivity index (χ4v) is 2.22. The Balaban J connectivity index is 2.43. The summed E-state index contributed by atoms with van der Waals surface area (Å²) in [6.45, 7) is 7.06. The lowest BCUT2D eigenvalue weighted by molar-refractivity contribution is -0.143. The van der Waals surface area contributed by atoms with Gasteiger partial charge < -0.3 is 14.6 Å². The molecule has 1 aliphatic heterocycles. The van der Waals surface area contributed by atoms with Gasteiger partial charge >= 0.3 is 0 Å². The molecule has 1 aromatic carbocycles. The summed E-state index contributed by atoms with van der Waals surface area (Å²) >= 11 is 0. The number of benzene rings is 1. The highest BCUT2D eigenvalue weighted by molar-refractivity contribution is 5.90. The molecule has 1 N–H and O–H groups in total. The van der Waals surface area contributed by atoms with Crippen molar-refractivity contribution in [2.75, 3.05) is 7.11 Å². The average Bonchev–Trinajstić information content (AvgIpc) is 2.58. The first-order valence-electron chi connectivity index (χ1n) is 6.30. The first-order chi connectivity index (χ1) is 8.67. The van der Waals surface area contributed by atoms with Crippen LogP contribution in [0, 0.1) is 5.41 Å². The zero-order valence-electron chi connectivity index (χ0n) is 12.0. The molecule has 0 spiro atoms. The van der Waals surface area contributed by atoms with E-state index in [0.29, 0.717) is 17.1 Å². The largest absolute Gasteiger partial charge is 0.497 e. The Kier molecular flexibility index (Phi) is 3.09. The van der Waals surface area contributed by atoms with Crippen molar-refractivity contribution in [1.29, 1.82) is 0 Å². The van der Waals surface area contributed by atoms with E-state index in [0.717, 1.165) is 0 Å².